The predicted molar refractivity (Wildman–Crippen MR) is 65.7 cm³/mol. The van der Waals surface area contributed by atoms with Gasteiger partial charge < -0.3 is 10.3 Å². The van der Waals surface area contributed by atoms with E-state index in [2.05, 4.69) is 10.1 Å². The number of nitrogens with two attached hydrogens (primary N) is 1. The second-order valence-corrected chi connectivity index (χ2v) is 4.44. The topological polar surface area (TPSA) is 64.9 Å². The predicted octanol–water partition coefficient (Wildman–Crippen LogP) is 2.81. The molecular formula is C13H14F3N3O. The Balaban J connectivity index is 1.93. The Morgan fingerprint density at radius 1 is 1.20 bits per heavy atom. The average molecular weight is 285 g/mol. The zero-order chi connectivity index (χ0) is 14.6. The van der Waals surface area contributed by atoms with E-state index in [4.69, 9.17) is 10.3 Å². The highest BCUT2D eigenvalue weighted by molar-refractivity contribution is 5.19. The van der Waals surface area contributed by atoms with Gasteiger partial charge in [0.1, 0.15) is 0 Å². The van der Waals surface area contributed by atoms with E-state index in [0.717, 1.165) is 5.56 Å². The fraction of sp³-hybridized carbons (Fsp3) is 0.385. The van der Waals surface area contributed by atoms with Gasteiger partial charge in [-0.15, -0.1) is 0 Å². The van der Waals surface area contributed by atoms with Crippen LogP contribution in [0.15, 0.2) is 34.9 Å². The molecule has 1 aromatic carbocycles. The van der Waals surface area contributed by atoms with Crippen LogP contribution in [-0.2, 0) is 12.8 Å². The van der Waals surface area contributed by atoms with Gasteiger partial charge in [-0.05, 0) is 5.56 Å². The van der Waals surface area contributed by atoms with Crippen molar-refractivity contribution in [3.63, 3.8) is 0 Å². The zero-order valence-corrected chi connectivity index (χ0v) is 10.6. The maximum Gasteiger partial charge on any atom is 0.389 e. The Morgan fingerprint density at radius 2 is 1.90 bits per heavy atom. The summed E-state index contributed by atoms with van der Waals surface area (Å²) < 4.78 is 41.1. The highest BCUT2D eigenvalue weighted by atomic mass is 19.4. The summed E-state index contributed by atoms with van der Waals surface area (Å²) in [5.41, 5.74) is 6.88. The molecule has 1 unspecified atom stereocenters. The minimum Gasteiger partial charge on any atom is -0.339 e. The van der Waals surface area contributed by atoms with Crippen molar-refractivity contribution in [3.05, 3.63) is 47.6 Å². The number of rotatable bonds is 5. The van der Waals surface area contributed by atoms with Crippen LogP contribution < -0.4 is 5.73 Å². The third-order valence-corrected chi connectivity index (χ3v) is 2.76. The third-order valence-electron chi connectivity index (χ3n) is 2.76. The first kappa shape index (κ1) is 14.5. The lowest BCUT2D eigenvalue weighted by molar-refractivity contribution is -0.134. The molecule has 1 heterocycles. The Hall–Kier alpha value is -1.89. The molecular weight excluding hydrogens is 271 g/mol. The molecule has 7 heteroatoms. The van der Waals surface area contributed by atoms with Gasteiger partial charge in [0, 0.05) is 18.9 Å². The van der Waals surface area contributed by atoms with E-state index >= 15 is 0 Å². The summed E-state index contributed by atoms with van der Waals surface area (Å²) in [4.78, 5) is 3.92. The molecule has 0 aliphatic carbocycles. The lowest BCUT2D eigenvalue weighted by Crippen LogP contribution is -2.13. The normalized spacial score (nSPS) is 13.4. The van der Waals surface area contributed by atoms with Crippen LogP contribution in [0.2, 0.25) is 0 Å². The molecule has 2 N–H and O–H groups in total. The van der Waals surface area contributed by atoms with E-state index in [0.29, 0.717) is 6.42 Å². The van der Waals surface area contributed by atoms with Gasteiger partial charge >= 0.3 is 6.18 Å². The van der Waals surface area contributed by atoms with Crippen LogP contribution in [-0.4, -0.2) is 16.3 Å². The summed E-state index contributed by atoms with van der Waals surface area (Å²) in [5, 5.41) is 3.52. The van der Waals surface area contributed by atoms with Crippen LogP contribution in [0.1, 0.15) is 29.7 Å². The zero-order valence-electron chi connectivity index (χ0n) is 10.6. The number of aryl methyl sites for hydroxylation is 1. The highest BCUT2D eigenvalue weighted by Crippen LogP contribution is 2.21. The molecule has 0 bridgehead atoms. The van der Waals surface area contributed by atoms with Crippen LogP contribution in [0.3, 0.4) is 0 Å². The van der Waals surface area contributed by atoms with Crippen LogP contribution in [0.4, 0.5) is 13.2 Å². The number of halogens is 3. The number of hydrogen-bond acceptors (Lipinski definition) is 4. The molecule has 20 heavy (non-hydrogen) atoms. The van der Waals surface area contributed by atoms with Gasteiger partial charge in [0.15, 0.2) is 5.82 Å². The molecule has 0 amide bonds. The van der Waals surface area contributed by atoms with Crippen molar-refractivity contribution in [2.75, 3.05) is 0 Å². The van der Waals surface area contributed by atoms with E-state index in [1.807, 2.05) is 30.3 Å². The van der Waals surface area contributed by atoms with E-state index in [-0.39, 0.29) is 24.2 Å². The maximum absolute atomic E-state index is 12.1. The van der Waals surface area contributed by atoms with Gasteiger partial charge in [0.25, 0.3) is 0 Å². The van der Waals surface area contributed by atoms with Crippen molar-refractivity contribution in [3.8, 4) is 0 Å². The van der Waals surface area contributed by atoms with Crippen molar-refractivity contribution < 1.29 is 17.7 Å². The maximum atomic E-state index is 12.1. The molecule has 4 nitrogen and oxygen atoms in total. The Labute approximate surface area is 113 Å². The molecule has 0 spiro atoms. The molecule has 2 aromatic rings. The first-order chi connectivity index (χ1) is 9.44. The average Bonchev–Trinajstić information content (AvgIpc) is 2.84. The van der Waals surface area contributed by atoms with Gasteiger partial charge in [0.2, 0.25) is 5.89 Å². The molecule has 1 atom stereocenters. The number of benzene rings is 1. The lowest BCUT2D eigenvalue weighted by atomic mass is 10.1. The summed E-state index contributed by atoms with van der Waals surface area (Å²) in [6.45, 7) is 0. The van der Waals surface area contributed by atoms with E-state index in [1.165, 1.54) is 0 Å². The van der Waals surface area contributed by atoms with Gasteiger partial charge in [-0.25, -0.2) is 0 Å². The molecule has 0 fully saturated rings. The van der Waals surface area contributed by atoms with Crippen molar-refractivity contribution in [1.29, 1.82) is 0 Å². The Kier molecular flexibility index (Phi) is 4.39. The van der Waals surface area contributed by atoms with Crippen LogP contribution >= 0.6 is 0 Å². The largest absolute Gasteiger partial charge is 0.389 e. The van der Waals surface area contributed by atoms with Crippen molar-refractivity contribution in [1.82, 2.24) is 10.1 Å². The van der Waals surface area contributed by atoms with Gasteiger partial charge in [-0.1, -0.05) is 35.5 Å². The standard InChI is InChI=1S/C13H14F3N3O/c14-13(15,16)7-6-11-18-12(20-19-11)8-10(17)9-4-2-1-3-5-9/h1-5,10H,6-8,17H2. The van der Waals surface area contributed by atoms with Crippen LogP contribution in [0, 0.1) is 0 Å². The fourth-order valence-electron chi connectivity index (χ4n) is 1.73. The first-order valence-corrected chi connectivity index (χ1v) is 6.13. The molecule has 0 radical (unpaired) electrons. The van der Waals surface area contributed by atoms with Gasteiger partial charge in [0.05, 0.1) is 6.42 Å². The first-order valence-electron chi connectivity index (χ1n) is 6.13. The highest BCUT2D eigenvalue weighted by Gasteiger charge is 2.27. The van der Waals surface area contributed by atoms with E-state index in [1.54, 1.807) is 0 Å². The quantitative estimate of drug-likeness (QED) is 0.917. The summed E-state index contributed by atoms with van der Waals surface area (Å²) in [6, 6.07) is 9.00. The molecule has 108 valence electrons. The molecule has 2 rings (SSSR count). The number of hydrogen-bond donors (Lipinski definition) is 1. The molecule has 0 aliphatic rings. The summed E-state index contributed by atoms with van der Waals surface area (Å²) in [5.74, 6) is 0.302. The molecule has 1 aromatic heterocycles. The lowest BCUT2D eigenvalue weighted by Gasteiger charge is -2.08. The number of nitrogens with zero attached hydrogens (tertiary/aromatic N) is 2. The van der Waals surface area contributed by atoms with Crippen LogP contribution in [0.5, 0.6) is 0 Å². The third kappa shape index (κ3) is 4.34. The summed E-state index contributed by atoms with van der Waals surface area (Å²) in [6.07, 6.45) is -5.17. The molecule has 0 saturated heterocycles. The molecule has 0 saturated carbocycles. The van der Waals surface area contributed by atoms with Gasteiger partial charge in [-0.3, -0.25) is 0 Å². The summed E-state index contributed by atoms with van der Waals surface area (Å²) >= 11 is 0. The minimum atomic E-state index is -4.22. The van der Waals surface area contributed by atoms with Gasteiger partial charge in [-0.2, -0.15) is 18.2 Å². The van der Waals surface area contributed by atoms with Crippen molar-refractivity contribution in [2.45, 2.75) is 31.5 Å². The SMILES string of the molecule is NC(Cc1nc(CCC(F)(F)F)no1)c1ccccc1. The van der Waals surface area contributed by atoms with Crippen molar-refractivity contribution in [2.24, 2.45) is 5.73 Å². The number of alkyl halides is 3. The van der Waals surface area contributed by atoms with Crippen LogP contribution in [0.25, 0.3) is 0 Å². The Morgan fingerprint density at radius 3 is 2.55 bits per heavy atom. The smallest absolute Gasteiger partial charge is 0.339 e. The van der Waals surface area contributed by atoms with E-state index < -0.39 is 12.6 Å². The van der Waals surface area contributed by atoms with Crippen molar-refractivity contribution >= 4 is 0 Å². The second kappa shape index (κ2) is 6.04. The summed E-state index contributed by atoms with van der Waals surface area (Å²) in [7, 11) is 0. The number of aromatic nitrogens is 2. The minimum absolute atomic E-state index is 0.0533. The molecule has 0 aliphatic heterocycles. The monoisotopic (exact) mass is 285 g/mol. The second-order valence-electron chi connectivity index (χ2n) is 4.44. The van der Waals surface area contributed by atoms with E-state index in [9.17, 15) is 13.2 Å². The Bertz CT molecular complexity index is 539. The fourth-order valence-corrected chi connectivity index (χ4v) is 1.73.